The zero-order chi connectivity index (χ0) is 28.4. The summed E-state index contributed by atoms with van der Waals surface area (Å²) in [5.74, 6) is 0. The van der Waals surface area contributed by atoms with Crippen LogP contribution in [0, 0.1) is 0 Å². The Morgan fingerprint density at radius 2 is 0.548 bits per heavy atom. The van der Waals surface area contributed by atoms with Crippen molar-refractivity contribution in [2.24, 2.45) is 0 Å². The molecule has 8 rings (SSSR count). The van der Waals surface area contributed by atoms with E-state index >= 15 is 0 Å². The molecule has 0 fully saturated rings. The van der Waals surface area contributed by atoms with Crippen LogP contribution in [0.25, 0.3) is 0 Å². The van der Waals surface area contributed by atoms with E-state index in [0.717, 1.165) is 0 Å². The standard InChI is InChI=1S/4C9H11.2CH2.2ClH.2Zr/c4*1-2-5-9-7-3-6-8(9)4-1;;;;;;/h4*3,6-7H,1-2,4-5H2;2*1H2;2*1H;;/q4*-1;;;;;2*+2/p-2. The fourth-order valence-corrected chi connectivity index (χ4v) is 6.45. The van der Waals surface area contributed by atoms with E-state index in [1.165, 1.54) is 151 Å². The predicted molar refractivity (Wildman–Crippen MR) is 169 cm³/mol. The Balaban J connectivity index is 0.000000265. The molecule has 0 saturated carbocycles. The van der Waals surface area contributed by atoms with Gasteiger partial charge in [0.05, 0.1) is 0 Å². The van der Waals surface area contributed by atoms with Gasteiger partial charge in [-0.25, -0.2) is 24.3 Å². The number of rotatable bonds is 0. The van der Waals surface area contributed by atoms with Crippen molar-refractivity contribution in [3.05, 3.63) is 117 Å². The van der Waals surface area contributed by atoms with Crippen molar-refractivity contribution in [2.45, 2.75) is 103 Å². The van der Waals surface area contributed by atoms with E-state index in [1.54, 1.807) is 44.5 Å². The van der Waals surface area contributed by atoms with Crippen molar-refractivity contribution < 1.29 is 73.3 Å². The maximum Gasteiger partial charge on any atom is -0.0512 e. The van der Waals surface area contributed by atoms with Gasteiger partial charge in [0.2, 0.25) is 0 Å². The molecule has 0 radical (unpaired) electrons. The van der Waals surface area contributed by atoms with Crippen LogP contribution in [0.3, 0.4) is 0 Å². The van der Waals surface area contributed by atoms with Gasteiger partial charge >= 0.3 is 56.9 Å². The first-order valence-electron chi connectivity index (χ1n) is 15.5. The van der Waals surface area contributed by atoms with Crippen LogP contribution in [0.4, 0.5) is 0 Å². The zero-order valence-corrected chi connectivity index (χ0v) is 31.8. The Morgan fingerprint density at radius 3 is 0.738 bits per heavy atom. The Hall–Kier alpha value is -0.514. The molecule has 0 saturated heterocycles. The minimum absolute atomic E-state index is 0. The van der Waals surface area contributed by atoms with E-state index in [4.69, 9.17) is 0 Å². The molecule has 224 valence electrons. The summed E-state index contributed by atoms with van der Waals surface area (Å²) >= 11 is 2.60. The van der Waals surface area contributed by atoms with Crippen LogP contribution in [0.1, 0.15) is 95.9 Å². The Morgan fingerprint density at radius 1 is 0.357 bits per heavy atom. The molecule has 0 spiro atoms. The average molecular weight is 758 g/mol. The minimum Gasteiger partial charge on any atom is -1.00 e. The fourth-order valence-electron chi connectivity index (χ4n) is 6.45. The number of hydrogen-bond donors (Lipinski definition) is 0. The van der Waals surface area contributed by atoms with Crippen molar-refractivity contribution in [3.63, 3.8) is 0 Å². The molecule has 0 unspecified atom stereocenters. The third kappa shape index (κ3) is 12.8. The second kappa shape index (κ2) is 23.8. The predicted octanol–water partition coefficient (Wildman–Crippen LogP) is 3.08. The summed E-state index contributed by atoms with van der Waals surface area (Å²) in [6.07, 6.45) is 21.8. The smallest absolute Gasteiger partial charge is 0.0512 e. The maximum atomic E-state index is 3.34. The second-order valence-corrected chi connectivity index (χ2v) is 11.1. The van der Waals surface area contributed by atoms with E-state index in [0.29, 0.717) is 0 Å². The molecule has 4 aliphatic rings. The SMILES string of the molecule is [CH2]=[Zr+2].[CH2]=[Zr+2].[Cl-].[Cl-].c1cc2c([cH-]1)CCCC2.c1cc2c([cH-]1)CCCC2.c1cc2c([cH-]1)CCCC2.c1cc2c([cH-]1)CCCC2. The molecule has 0 heterocycles. The summed E-state index contributed by atoms with van der Waals surface area (Å²) in [4.78, 5) is 0. The average Bonchev–Trinajstić information content (AvgIpc) is 3.86. The van der Waals surface area contributed by atoms with E-state index in [9.17, 15) is 0 Å². The number of fused-ring (bicyclic) bond motifs is 4. The number of halogens is 2. The van der Waals surface area contributed by atoms with Crippen LogP contribution in [-0.4, -0.2) is 8.42 Å². The molecule has 4 aliphatic carbocycles. The van der Waals surface area contributed by atoms with Crippen LogP contribution in [0.15, 0.2) is 72.8 Å². The van der Waals surface area contributed by atoms with Gasteiger partial charge in [-0.2, -0.15) is 93.0 Å². The minimum atomic E-state index is 0. The van der Waals surface area contributed by atoms with Crippen molar-refractivity contribution >= 4 is 8.42 Å². The summed E-state index contributed by atoms with van der Waals surface area (Å²) in [7, 11) is 0. The number of hydrogen-bond acceptors (Lipinski definition) is 0. The van der Waals surface area contributed by atoms with Gasteiger partial charge in [-0.05, 0) is 0 Å². The summed E-state index contributed by atoms with van der Waals surface area (Å²) in [6.45, 7) is 0. The topological polar surface area (TPSA) is 0 Å². The van der Waals surface area contributed by atoms with Crippen molar-refractivity contribution in [1.29, 1.82) is 0 Å². The molecule has 0 atom stereocenters. The van der Waals surface area contributed by atoms with Gasteiger partial charge in [0.1, 0.15) is 0 Å². The van der Waals surface area contributed by atoms with Crippen LogP contribution >= 0.6 is 0 Å². The van der Waals surface area contributed by atoms with E-state index in [2.05, 4.69) is 81.2 Å². The largest absolute Gasteiger partial charge is 1.00 e. The molecule has 4 aromatic carbocycles. The molecule has 0 N–H and O–H groups in total. The first kappa shape index (κ1) is 39.5. The Bertz CT molecular complexity index is 938. The van der Waals surface area contributed by atoms with Gasteiger partial charge in [-0.1, -0.05) is 103 Å². The molecule has 0 nitrogen and oxygen atoms in total. The second-order valence-electron chi connectivity index (χ2n) is 11.1. The number of aryl methyl sites for hydroxylation is 8. The fraction of sp³-hybridized carbons (Fsp3) is 0.421. The Kier molecular flexibility index (Phi) is 22.4. The molecule has 0 aromatic heterocycles. The maximum absolute atomic E-state index is 3.34. The van der Waals surface area contributed by atoms with Crippen molar-refractivity contribution in [3.8, 4) is 0 Å². The van der Waals surface area contributed by atoms with Crippen LogP contribution in [0.5, 0.6) is 0 Å². The third-order valence-electron chi connectivity index (χ3n) is 8.60. The van der Waals surface area contributed by atoms with Gasteiger partial charge in [-0.3, -0.25) is 0 Å². The first-order chi connectivity index (χ1) is 19.9. The first-order valence-corrected chi connectivity index (χ1v) is 19.0. The molecule has 4 heteroatoms. The molecular weight excluding hydrogens is 710 g/mol. The van der Waals surface area contributed by atoms with E-state index < -0.39 is 0 Å². The summed E-state index contributed by atoms with van der Waals surface area (Å²) < 4.78 is 6.68. The molecule has 0 aliphatic heterocycles. The van der Waals surface area contributed by atoms with Gasteiger partial charge in [0, 0.05) is 0 Å². The van der Waals surface area contributed by atoms with E-state index in [1.807, 2.05) is 0 Å². The zero-order valence-electron chi connectivity index (χ0n) is 25.4. The van der Waals surface area contributed by atoms with Crippen LogP contribution in [-0.2, 0) is 99.8 Å². The van der Waals surface area contributed by atoms with E-state index in [-0.39, 0.29) is 24.8 Å². The van der Waals surface area contributed by atoms with Gasteiger partial charge in [0.15, 0.2) is 0 Å². The summed E-state index contributed by atoms with van der Waals surface area (Å²) in [5.41, 5.74) is 12.8. The molecule has 0 bridgehead atoms. The Labute approximate surface area is 299 Å². The van der Waals surface area contributed by atoms with Crippen molar-refractivity contribution in [2.75, 3.05) is 0 Å². The van der Waals surface area contributed by atoms with Crippen LogP contribution in [0.2, 0.25) is 0 Å². The van der Waals surface area contributed by atoms with Crippen LogP contribution < -0.4 is 24.8 Å². The summed E-state index contributed by atoms with van der Waals surface area (Å²) in [5, 5.41) is 0. The monoisotopic (exact) mass is 754 g/mol. The van der Waals surface area contributed by atoms with Gasteiger partial charge in [0.25, 0.3) is 0 Å². The summed E-state index contributed by atoms with van der Waals surface area (Å²) in [6, 6.07) is 26.8. The van der Waals surface area contributed by atoms with Gasteiger partial charge in [-0.15, -0.1) is 0 Å². The molecule has 4 aromatic rings. The van der Waals surface area contributed by atoms with Gasteiger partial charge < -0.3 is 24.8 Å². The molecule has 0 amide bonds. The normalized spacial score (nSPS) is 15.1. The molecular formula is C38H48Cl2Zr2-2. The van der Waals surface area contributed by atoms with Crippen molar-refractivity contribution in [1.82, 2.24) is 0 Å². The molecule has 42 heavy (non-hydrogen) atoms. The third-order valence-corrected chi connectivity index (χ3v) is 8.60. The quantitative estimate of drug-likeness (QED) is 0.242.